The monoisotopic (exact) mass is 254 g/mol. The van der Waals surface area contributed by atoms with Gasteiger partial charge in [0.05, 0.1) is 18.1 Å². The van der Waals surface area contributed by atoms with E-state index in [-0.39, 0.29) is 11.8 Å². The maximum absolute atomic E-state index is 11.8. The van der Waals surface area contributed by atoms with Crippen molar-refractivity contribution in [3.63, 3.8) is 0 Å². The molecule has 0 spiro atoms. The molecule has 5 heteroatoms. The molecule has 0 unspecified atom stereocenters. The third-order valence-corrected chi connectivity index (χ3v) is 3.20. The topological polar surface area (TPSA) is 50.4 Å². The van der Waals surface area contributed by atoms with Crippen molar-refractivity contribution < 1.29 is 9.53 Å². The molecule has 1 amide bonds. The normalized spacial score (nSPS) is 15.2. The van der Waals surface area contributed by atoms with Gasteiger partial charge in [-0.1, -0.05) is 11.6 Å². The lowest BCUT2D eigenvalue weighted by Crippen LogP contribution is -2.48. The molecule has 1 aliphatic heterocycles. The number of carbonyl (C=O) groups is 1. The molecule has 0 aromatic heterocycles. The Morgan fingerprint density at radius 2 is 2.24 bits per heavy atom. The van der Waals surface area contributed by atoms with Gasteiger partial charge in [0.25, 0.3) is 0 Å². The first kappa shape index (κ1) is 12.2. The van der Waals surface area contributed by atoms with Gasteiger partial charge in [-0.15, -0.1) is 0 Å². The van der Waals surface area contributed by atoms with Gasteiger partial charge in [0, 0.05) is 18.8 Å². The summed E-state index contributed by atoms with van der Waals surface area (Å²) in [4.78, 5) is 11.8. The lowest BCUT2D eigenvalue weighted by molar-refractivity contribution is -0.121. The second kappa shape index (κ2) is 4.94. The van der Waals surface area contributed by atoms with Crippen molar-refractivity contribution in [2.75, 3.05) is 25.5 Å². The van der Waals surface area contributed by atoms with E-state index in [9.17, 15) is 4.79 Å². The van der Waals surface area contributed by atoms with Gasteiger partial charge >= 0.3 is 0 Å². The Hall–Kier alpha value is -1.26. The molecule has 2 N–H and O–H groups in total. The van der Waals surface area contributed by atoms with Crippen molar-refractivity contribution in [1.29, 1.82) is 0 Å². The fourth-order valence-corrected chi connectivity index (χ4v) is 1.90. The minimum atomic E-state index is 0.0353. The minimum absolute atomic E-state index is 0.0353. The fraction of sp³-hybridized carbons (Fsp3) is 0.417. The number of ether oxygens (including phenoxy) is 1. The van der Waals surface area contributed by atoms with E-state index in [2.05, 4.69) is 10.6 Å². The van der Waals surface area contributed by atoms with Gasteiger partial charge in [0.1, 0.15) is 5.75 Å². The lowest BCUT2D eigenvalue weighted by Gasteiger charge is -2.26. The third kappa shape index (κ3) is 2.53. The van der Waals surface area contributed by atoms with Crippen LogP contribution in [0, 0.1) is 12.8 Å². The van der Waals surface area contributed by atoms with E-state index >= 15 is 0 Å². The van der Waals surface area contributed by atoms with Crippen LogP contribution in [0.15, 0.2) is 12.1 Å². The molecule has 17 heavy (non-hydrogen) atoms. The Bertz CT molecular complexity index is 444. The van der Waals surface area contributed by atoms with E-state index < -0.39 is 0 Å². The van der Waals surface area contributed by atoms with Crippen molar-refractivity contribution in [1.82, 2.24) is 5.32 Å². The van der Waals surface area contributed by atoms with Crippen LogP contribution in [0.4, 0.5) is 5.69 Å². The number of halogens is 1. The average Bonchev–Trinajstić information content (AvgIpc) is 2.20. The van der Waals surface area contributed by atoms with Crippen molar-refractivity contribution in [3.05, 3.63) is 22.7 Å². The molecule has 1 heterocycles. The van der Waals surface area contributed by atoms with Gasteiger partial charge in [0.2, 0.25) is 5.91 Å². The maximum atomic E-state index is 11.8. The maximum Gasteiger partial charge on any atom is 0.230 e. The van der Waals surface area contributed by atoms with Gasteiger partial charge in [-0.05, 0) is 24.6 Å². The summed E-state index contributed by atoms with van der Waals surface area (Å²) >= 11 is 6.02. The van der Waals surface area contributed by atoms with Gasteiger partial charge in [-0.2, -0.15) is 0 Å². The first-order chi connectivity index (χ1) is 8.11. The SMILES string of the molecule is COc1cc(C)c(NC(=O)C2CNC2)cc1Cl. The first-order valence-electron chi connectivity index (χ1n) is 5.47. The number of nitrogens with one attached hydrogen (secondary N) is 2. The van der Waals surface area contributed by atoms with Crippen LogP contribution < -0.4 is 15.4 Å². The molecular formula is C12H15ClN2O2. The van der Waals surface area contributed by atoms with Crippen molar-refractivity contribution in [2.45, 2.75) is 6.92 Å². The summed E-state index contributed by atoms with van der Waals surface area (Å²) in [5.41, 5.74) is 1.68. The van der Waals surface area contributed by atoms with Crippen LogP contribution in [-0.2, 0) is 4.79 Å². The fourth-order valence-electron chi connectivity index (χ4n) is 1.65. The Balaban J connectivity index is 2.15. The zero-order valence-corrected chi connectivity index (χ0v) is 10.6. The predicted molar refractivity (Wildman–Crippen MR) is 67.7 cm³/mol. The van der Waals surface area contributed by atoms with E-state index in [4.69, 9.17) is 16.3 Å². The standard InChI is InChI=1S/C12H15ClN2O2/c1-7-3-11(17-2)9(13)4-10(7)15-12(16)8-5-14-6-8/h3-4,8,14H,5-6H2,1-2H3,(H,15,16). The Labute approximate surface area is 105 Å². The smallest absolute Gasteiger partial charge is 0.230 e. The molecule has 1 saturated heterocycles. The Morgan fingerprint density at radius 1 is 1.53 bits per heavy atom. The highest BCUT2D eigenvalue weighted by atomic mass is 35.5. The number of hydrogen-bond acceptors (Lipinski definition) is 3. The second-order valence-corrected chi connectivity index (χ2v) is 4.55. The number of anilines is 1. The molecule has 0 aliphatic carbocycles. The number of hydrogen-bond donors (Lipinski definition) is 2. The summed E-state index contributed by atoms with van der Waals surface area (Å²) in [6.45, 7) is 3.40. The number of amides is 1. The largest absolute Gasteiger partial charge is 0.495 e. The average molecular weight is 255 g/mol. The molecule has 0 saturated carbocycles. The Morgan fingerprint density at radius 3 is 2.76 bits per heavy atom. The van der Waals surface area contributed by atoms with E-state index in [1.807, 2.05) is 13.0 Å². The highest BCUT2D eigenvalue weighted by Gasteiger charge is 2.25. The molecule has 1 fully saturated rings. The number of methoxy groups -OCH3 is 1. The molecule has 1 aromatic carbocycles. The molecule has 92 valence electrons. The molecule has 1 aliphatic rings. The molecule has 0 bridgehead atoms. The molecule has 2 rings (SSSR count). The first-order valence-corrected chi connectivity index (χ1v) is 5.85. The van der Waals surface area contributed by atoms with Crippen LogP contribution in [0.2, 0.25) is 5.02 Å². The summed E-state index contributed by atoms with van der Waals surface area (Å²) in [6.07, 6.45) is 0. The van der Waals surface area contributed by atoms with E-state index in [1.54, 1.807) is 13.2 Å². The summed E-state index contributed by atoms with van der Waals surface area (Å²) in [6, 6.07) is 3.54. The van der Waals surface area contributed by atoms with Crippen LogP contribution >= 0.6 is 11.6 Å². The van der Waals surface area contributed by atoms with Crippen LogP contribution in [0.1, 0.15) is 5.56 Å². The van der Waals surface area contributed by atoms with Crippen LogP contribution in [0.3, 0.4) is 0 Å². The number of benzene rings is 1. The summed E-state index contributed by atoms with van der Waals surface area (Å²) in [7, 11) is 1.57. The predicted octanol–water partition coefficient (Wildman–Crippen LogP) is 1.81. The quantitative estimate of drug-likeness (QED) is 0.865. The number of rotatable bonds is 3. The second-order valence-electron chi connectivity index (χ2n) is 4.15. The summed E-state index contributed by atoms with van der Waals surface area (Å²) < 4.78 is 5.11. The Kier molecular flexibility index (Phi) is 3.54. The van der Waals surface area contributed by atoms with Crippen molar-refractivity contribution >= 4 is 23.2 Å². The van der Waals surface area contributed by atoms with Crippen LogP contribution in [-0.4, -0.2) is 26.1 Å². The molecule has 1 aromatic rings. The zero-order chi connectivity index (χ0) is 12.4. The highest BCUT2D eigenvalue weighted by Crippen LogP contribution is 2.30. The van der Waals surface area contributed by atoms with Crippen molar-refractivity contribution in [3.8, 4) is 5.75 Å². The van der Waals surface area contributed by atoms with Crippen LogP contribution in [0.5, 0.6) is 5.75 Å². The summed E-state index contributed by atoms with van der Waals surface area (Å²) in [5.74, 6) is 0.718. The highest BCUT2D eigenvalue weighted by molar-refractivity contribution is 6.32. The van der Waals surface area contributed by atoms with E-state index in [0.717, 1.165) is 24.3 Å². The lowest BCUT2D eigenvalue weighted by atomic mass is 10.0. The molecular weight excluding hydrogens is 240 g/mol. The third-order valence-electron chi connectivity index (χ3n) is 2.91. The van der Waals surface area contributed by atoms with Gasteiger partial charge in [0.15, 0.2) is 0 Å². The van der Waals surface area contributed by atoms with Gasteiger partial charge in [-0.25, -0.2) is 0 Å². The molecule has 4 nitrogen and oxygen atoms in total. The van der Waals surface area contributed by atoms with Crippen LogP contribution in [0.25, 0.3) is 0 Å². The molecule has 0 radical (unpaired) electrons. The number of carbonyl (C=O) groups excluding carboxylic acids is 1. The minimum Gasteiger partial charge on any atom is -0.495 e. The van der Waals surface area contributed by atoms with Gasteiger partial charge < -0.3 is 15.4 Å². The number of aryl methyl sites for hydroxylation is 1. The van der Waals surface area contributed by atoms with Crippen molar-refractivity contribution in [2.24, 2.45) is 5.92 Å². The molecule has 0 atom stereocenters. The van der Waals surface area contributed by atoms with Gasteiger partial charge in [-0.3, -0.25) is 4.79 Å². The van der Waals surface area contributed by atoms with E-state index in [1.165, 1.54) is 0 Å². The van der Waals surface area contributed by atoms with E-state index in [0.29, 0.717) is 10.8 Å². The summed E-state index contributed by atoms with van der Waals surface area (Å²) in [5, 5.41) is 6.45. The zero-order valence-electron chi connectivity index (χ0n) is 9.84.